The number of rotatable bonds is 64. The number of aliphatic hydroxyl groups is 5. The molecule has 0 spiro atoms. The summed E-state index contributed by atoms with van der Waals surface area (Å²) in [4.78, 5) is 26.7. The van der Waals surface area contributed by atoms with Gasteiger partial charge in [0.25, 0.3) is 0 Å². The maximum atomic E-state index is 13.5. The molecule has 1 aliphatic heterocycles. The molecule has 0 aromatic heterocycles. The molecule has 0 saturated carbocycles. The molecule has 0 aromatic carbocycles. The molecule has 11 nitrogen and oxygen atoms in total. The van der Waals surface area contributed by atoms with Gasteiger partial charge in [0.05, 0.1) is 25.4 Å². The molecular formula is C74H139NO10. The summed E-state index contributed by atoms with van der Waals surface area (Å²) < 4.78 is 17.7. The Hall–Kier alpha value is -2.12. The molecule has 1 fully saturated rings. The Morgan fingerprint density at radius 3 is 1.14 bits per heavy atom. The molecule has 1 amide bonds. The van der Waals surface area contributed by atoms with Gasteiger partial charge in [0.1, 0.15) is 24.4 Å². The number of unbranched alkanes of at least 4 members (excludes halogenated alkanes) is 46. The van der Waals surface area contributed by atoms with Crippen molar-refractivity contribution in [3.63, 3.8) is 0 Å². The van der Waals surface area contributed by atoms with Gasteiger partial charge >= 0.3 is 5.97 Å². The van der Waals surface area contributed by atoms with Crippen LogP contribution < -0.4 is 5.32 Å². The first-order valence-electron chi connectivity index (χ1n) is 36.8. The number of hydrogen-bond donors (Lipinski definition) is 6. The molecule has 6 N–H and O–H groups in total. The van der Waals surface area contributed by atoms with Gasteiger partial charge in [-0.1, -0.05) is 314 Å². The zero-order valence-electron chi connectivity index (χ0n) is 55.8. The third kappa shape index (κ3) is 49.4. The Bertz CT molecular complexity index is 1520. The second-order valence-corrected chi connectivity index (χ2v) is 25.7. The smallest absolute Gasteiger partial charge is 0.306 e. The van der Waals surface area contributed by atoms with E-state index < -0.39 is 67.4 Å². The van der Waals surface area contributed by atoms with Crippen LogP contribution in [0.15, 0.2) is 36.5 Å². The number of esters is 1. The van der Waals surface area contributed by atoms with Crippen molar-refractivity contribution in [2.75, 3.05) is 13.2 Å². The van der Waals surface area contributed by atoms with Gasteiger partial charge < -0.3 is 45.1 Å². The zero-order valence-corrected chi connectivity index (χ0v) is 55.8. The molecule has 8 unspecified atom stereocenters. The lowest BCUT2D eigenvalue weighted by molar-refractivity contribution is -0.305. The summed E-state index contributed by atoms with van der Waals surface area (Å²) in [5, 5.41) is 57.3. The predicted octanol–water partition coefficient (Wildman–Crippen LogP) is 19.0. The van der Waals surface area contributed by atoms with E-state index in [1.54, 1.807) is 6.08 Å². The van der Waals surface area contributed by atoms with Crippen LogP contribution >= 0.6 is 0 Å². The lowest BCUT2D eigenvalue weighted by atomic mass is 9.99. The van der Waals surface area contributed by atoms with Crippen LogP contribution in [0.2, 0.25) is 0 Å². The average molecular weight is 1200 g/mol. The molecule has 0 radical (unpaired) electrons. The van der Waals surface area contributed by atoms with Crippen molar-refractivity contribution in [1.29, 1.82) is 0 Å². The summed E-state index contributed by atoms with van der Waals surface area (Å²) in [5.41, 5.74) is 0. The zero-order chi connectivity index (χ0) is 61.7. The molecule has 1 aliphatic rings. The van der Waals surface area contributed by atoms with Gasteiger partial charge in [0.15, 0.2) is 12.4 Å². The largest absolute Gasteiger partial charge is 0.454 e. The average Bonchev–Trinajstić information content (AvgIpc) is 2.50. The SMILES string of the molecule is CCCCCCCC/C=C/CCCCCCCCCCCCCCCCCCCC(=O)OC1C(OCC(NC(=O)C(O)CCCCCCCC/C=C/CCCCCCCC)C(O)/C=C/CCCCCCCCCCCCC)OC(CO)C(O)C1O. The van der Waals surface area contributed by atoms with Crippen LogP contribution in [0.1, 0.15) is 361 Å². The molecule has 0 aromatic rings. The van der Waals surface area contributed by atoms with Crippen molar-refractivity contribution < 1.29 is 49.3 Å². The van der Waals surface area contributed by atoms with Crippen LogP contribution in [0.3, 0.4) is 0 Å². The molecule has 1 rings (SSSR count). The Morgan fingerprint density at radius 1 is 0.447 bits per heavy atom. The highest BCUT2D eigenvalue weighted by atomic mass is 16.7. The molecular weight excluding hydrogens is 1060 g/mol. The second-order valence-electron chi connectivity index (χ2n) is 25.7. The Kier molecular flexibility index (Phi) is 59.1. The predicted molar refractivity (Wildman–Crippen MR) is 357 cm³/mol. The minimum absolute atomic E-state index is 0.128. The first kappa shape index (κ1) is 80.9. The van der Waals surface area contributed by atoms with Gasteiger partial charge in [0, 0.05) is 6.42 Å². The Labute approximate surface area is 523 Å². The fraction of sp³-hybridized carbons (Fsp3) is 0.892. The fourth-order valence-electron chi connectivity index (χ4n) is 11.7. The molecule has 1 saturated heterocycles. The fourth-order valence-corrected chi connectivity index (χ4v) is 11.7. The maximum absolute atomic E-state index is 13.5. The van der Waals surface area contributed by atoms with E-state index in [2.05, 4.69) is 50.4 Å². The van der Waals surface area contributed by atoms with Gasteiger partial charge in [-0.3, -0.25) is 9.59 Å². The van der Waals surface area contributed by atoms with Crippen molar-refractivity contribution in [2.24, 2.45) is 0 Å². The van der Waals surface area contributed by atoms with Crippen LogP contribution in [-0.2, 0) is 23.8 Å². The van der Waals surface area contributed by atoms with E-state index in [1.807, 2.05) is 6.08 Å². The van der Waals surface area contributed by atoms with E-state index in [0.717, 1.165) is 70.6 Å². The second kappa shape index (κ2) is 62.1. The van der Waals surface area contributed by atoms with Crippen molar-refractivity contribution in [3.8, 4) is 0 Å². The molecule has 8 atom stereocenters. The first-order valence-corrected chi connectivity index (χ1v) is 36.8. The lowest BCUT2D eigenvalue weighted by Crippen LogP contribution is -2.61. The highest BCUT2D eigenvalue weighted by Crippen LogP contribution is 2.26. The van der Waals surface area contributed by atoms with E-state index >= 15 is 0 Å². The molecule has 85 heavy (non-hydrogen) atoms. The highest BCUT2D eigenvalue weighted by molar-refractivity contribution is 5.80. The molecule has 0 aliphatic carbocycles. The summed E-state index contributed by atoms with van der Waals surface area (Å²) in [5.74, 6) is -1.18. The summed E-state index contributed by atoms with van der Waals surface area (Å²) >= 11 is 0. The Balaban J connectivity index is 2.53. The van der Waals surface area contributed by atoms with E-state index in [4.69, 9.17) is 14.2 Å². The minimum atomic E-state index is -1.61. The number of carbonyl (C=O) groups is 2. The molecule has 0 bridgehead atoms. The normalized spacial score (nSPS) is 18.5. The third-order valence-corrected chi connectivity index (χ3v) is 17.5. The number of aliphatic hydroxyl groups excluding tert-OH is 5. The van der Waals surface area contributed by atoms with E-state index in [1.165, 1.54) is 244 Å². The van der Waals surface area contributed by atoms with E-state index in [-0.39, 0.29) is 19.4 Å². The number of allylic oxidation sites excluding steroid dienone is 5. The van der Waals surface area contributed by atoms with Crippen molar-refractivity contribution in [3.05, 3.63) is 36.5 Å². The van der Waals surface area contributed by atoms with Crippen LogP contribution in [0.4, 0.5) is 0 Å². The first-order chi connectivity index (χ1) is 41.7. The van der Waals surface area contributed by atoms with Crippen molar-refractivity contribution in [2.45, 2.75) is 410 Å². The van der Waals surface area contributed by atoms with Gasteiger partial charge in [-0.25, -0.2) is 0 Å². The van der Waals surface area contributed by atoms with Crippen molar-refractivity contribution >= 4 is 11.9 Å². The Morgan fingerprint density at radius 2 is 0.776 bits per heavy atom. The molecule has 500 valence electrons. The monoisotopic (exact) mass is 1200 g/mol. The third-order valence-electron chi connectivity index (χ3n) is 17.5. The molecule has 11 heteroatoms. The summed E-state index contributed by atoms with van der Waals surface area (Å²) in [6.07, 6.45) is 66.2. The quantitative estimate of drug-likeness (QED) is 0.0195. The van der Waals surface area contributed by atoms with Crippen LogP contribution in [0.25, 0.3) is 0 Å². The lowest BCUT2D eigenvalue weighted by Gasteiger charge is -2.41. The number of carbonyl (C=O) groups excluding carboxylic acids is 2. The van der Waals surface area contributed by atoms with Gasteiger partial charge in [-0.05, 0) is 77.0 Å². The highest BCUT2D eigenvalue weighted by Gasteiger charge is 2.47. The number of ether oxygens (including phenoxy) is 3. The number of nitrogens with one attached hydrogen (secondary N) is 1. The van der Waals surface area contributed by atoms with Crippen molar-refractivity contribution in [1.82, 2.24) is 5.32 Å². The topological polar surface area (TPSA) is 175 Å². The minimum Gasteiger partial charge on any atom is -0.454 e. The van der Waals surface area contributed by atoms with E-state index in [0.29, 0.717) is 12.8 Å². The van der Waals surface area contributed by atoms with Crippen LogP contribution in [-0.4, -0.2) is 99.6 Å². The molecule has 1 heterocycles. The number of hydrogen-bond acceptors (Lipinski definition) is 10. The van der Waals surface area contributed by atoms with Gasteiger partial charge in [-0.2, -0.15) is 0 Å². The number of amides is 1. The van der Waals surface area contributed by atoms with Gasteiger partial charge in [0.2, 0.25) is 5.91 Å². The standard InChI is InChI=1S/C74H139NO10/c1-4-7-10-13-16-19-22-25-27-29-30-31-32-33-34-35-36-37-38-39-41-44-47-50-53-56-59-62-69(79)85-72-71(81)70(80)68(63-76)84-74(72)83-64-65(66(77)60-57-54-51-48-45-42-24-21-18-15-12-9-6-3)75-73(82)67(78)61-58-55-52-49-46-43-40-28-26-23-20-17-14-11-8-5-2/h25-28,57,60,65-68,70-72,74,76-78,80-81H,4-24,29-56,58-59,61-64H2,1-3H3,(H,75,82)/b27-25+,28-26+,60-57+. The van der Waals surface area contributed by atoms with Crippen LogP contribution in [0, 0.1) is 0 Å². The van der Waals surface area contributed by atoms with E-state index in [9.17, 15) is 35.1 Å². The van der Waals surface area contributed by atoms with Gasteiger partial charge in [-0.15, -0.1) is 0 Å². The summed E-state index contributed by atoms with van der Waals surface area (Å²) in [7, 11) is 0. The maximum Gasteiger partial charge on any atom is 0.306 e. The summed E-state index contributed by atoms with van der Waals surface area (Å²) in [6, 6.07) is -1.02. The van der Waals surface area contributed by atoms with Crippen LogP contribution in [0.5, 0.6) is 0 Å². The summed E-state index contributed by atoms with van der Waals surface area (Å²) in [6.45, 7) is 5.83.